The van der Waals surface area contributed by atoms with E-state index in [1.807, 2.05) is 0 Å². The number of hydrogen-bond acceptors (Lipinski definition) is 5. The second-order valence-electron chi connectivity index (χ2n) is 5.24. The maximum Gasteiger partial charge on any atom is 0.240 e. The van der Waals surface area contributed by atoms with Crippen molar-refractivity contribution in [1.29, 1.82) is 0 Å². The van der Waals surface area contributed by atoms with Gasteiger partial charge in [-0.25, -0.2) is 8.42 Å². The number of halogens is 1. The van der Waals surface area contributed by atoms with Crippen molar-refractivity contribution in [1.82, 2.24) is 0 Å². The average molecular weight is 383 g/mol. The number of anilines is 2. The van der Waals surface area contributed by atoms with Crippen LogP contribution in [0.3, 0.4) is 0 Å². The quantitative estimate of drug-likeness (QED) is 0.524. The molecule has 0 aliphatic rings. The van der Waals surface area contributed by atoms with Crippen LogP contribution in [0.2, 0.25) is 5.02 Å². The van der Waals surface area contributed by atoms with Crippen LogP contribution in [0.15, 0.2) is 41.3 Å². The molecule has 0 atom stereocenters. The third-order valence-electron chi connectivity index (χ3n) is 3.24. The SMILES string of the molecule is Cc1cccc(S(=O)(=O)CC(=O)Nc2cc(O)c(NC=O)cc2Cl)c1. The van der Waals surface area contributed by atoms with E-state index in [-0.39, 0.29) is 27.0 Å². The number of rotatable bonds is 6. The molecule has 0 radical (unpaired) electrons. The molecule has 0 bridgehead atoms. The van der Waals surface area contributed by atoms with Gasteiger partial charge >= 0.3 is 0 Å². The minimum Gasteiger partial charge on any atom is -0.506 e. The second kappa shape index (κ2) is 7.54. The van der Waals surface area contributed by atoms with Gasteiger partial charge < -0.3 is 15.7 Å². The van der Waals surface area contributed by atoms with E-state index in [9.17, 15) is 23.1 Å². The van der Waals surface area contributed by atoms with E-state index in [4.69, 9.17) is 11.6 Å². The molecule has 0 heterocycles. The first-order valence-corrected chi connectivity index (χ1v) is 9.08. The zero-order valence-electron chi connectivity index (χ0n) is 13.1. The van der Waals surface area contributed by atoms with Crippen molar-refractivity contribution in [2.24, 2.45) is 0 Å². The number of aromatic hydroxyl groups is 1. The topological polar surface area (TPSA) is 113 Å². The van der Waals surface area contributed by atoms with Crippen molar-refractivity contribution >= 4 is 45.1 Å². The lowest BCUT2D eigenvalue weighted by Gasteiger charge is -2.11. The van der Waals surface area contributed by atoms with Gasteiger partial charge in [-0.2, -0.15) is 0 Å². The number of sulfone groups is 1. The third-order valence-corrected chi connectivity index (χ3v) is 5.17. The smallest absolute Gasteiger partial charge is 0.240 e. The number of nitrogens with one attached hydrogen (secondary N) is 2. The number of benzene rings is 2. The van der Waals surface area contributed by atoms with Crippen LogP contribution in [0.25, 0.3) is 0 Å². The molecule has 7 nitrogen and oxygen atoms in total. The van der Waals surface area contributed by atoms with Crippen molar-refractivity contribution in [3.05, 3.63) is 47.0 Å². The highest BCUT2D eigenvalue weighted by molar-refractivity contribution is 7.92. The number of hydrogen-bond donors (Lipinski definition) is 3. The molecule has 0 unspecified atom stereocenters. The molecule has 2 rings (SSSR count). The minimum atomic E-state index is -3.82. The highest BCUT2D eigenvalue weighted by Gasteiger charge is 2.20. The summed E-state index contributed by atoms with van der Waals surface area (Å²) in [6.45, 7) is 1.75. The van der Waals surface area contributed by atoms with Gasteiger partial charge in [-0.3, -0.25) is 9.59 Å². The van der Waals surface area contributed by atoms with Crippen LogP contribution in [0, 0.1) is 6.92 Å². The van der Waals surface area contributed by atoms with Gasteiger partial charge in [0, 0.05) is 6.07 Å². The molecule has 25 heavy (non-hydrogen) atoms. The van der Waals surface area contributed by atoms with Gasteiger partial charge in [0.15, 0.2) is 9.84 Å². The summed E-state index contributed by atoms with van der Waals surface area (Å²) in [5.41, 5.74) is 0.846. The van der Waals surface area contributed by atoms with E-state index in [1.54, 1.807) is 19.1 Å². The lowest BCUT2D eigenvalue weighted by molar-refractivity contribution is -0.114. The Kier molecular flexibility index (Phi) is 5.66. The van der Waals surface area contributed by atoms with Crippen molar-refractivity contribution in [2.75, 3.05) is 16.4 Å². The van der Waals surface area contributed by atoms with E-state index in [1.165, 1.54) is 18.2 Å². The Morgan fingerprint density at radius 3 is 2.60 bits per heavy atom. The Morgan fingerprint density at radius 1 is 1.24 bits per heavy atom. The zero-order valence-corrected chi connectivity index (χ0v) is 14.7. The molecular weight excluding hydrogens is 368 g/mol. The van der Waals surface area contributed by atoms with Crippen LogP contribution in [-0.4, -0.2) is 31.6 Å². The van der Waals surface area contributed by atoms with Crippen molar-refractivity contribution < 1.29 is 23.1 Å². The van der Waals surface area contributed by atoms with Gasteiger partial charge in [-0.1, -0.05) is 23.7 Å². The molecule has 2 amide bonds. The Bertz CT molecular complexity index is 928. The summed E-state index contributed by atoms with van der Waals surface area (Å²) < 4.78 is 24.6. The molecule has 0 aliphatic heterocycles. The van der Waals surface area contributed by atoms with Crippen molar-refractivity contribution in [3.8, 4) is 5.75 Å². The van der Waals surface area contributed by atoms with E-state index in [2.05, 4.69) is 10.6 Å². The Balaban J connectivity index is 2.17. The number of amides is 2. The number of carbonyl (C=O) groups is 2. The summed E-state index contributed by atoms with van der Waals surface area (Å²) in [5, 5.41) is 14.4. The maximum absolute atomic E-state index is 12.3. The summed E-state index contributed by atoms with van der Waals surface area (Å²) in [6.07, 6.45) is 0.359. The highest BCUT2D eigenvalue weighted by Crippen LogP contribution is 2.33. The fourth-order valence-corrected chi connectivity index (χ4v) is 3.53. The molecule has 3 N–H and O–H groups in total. The van der Waals surface area contributed by atoms with Crippen LogP contribution in [0.4, 0.5) is 11.4 Å². The van der Waals surface area contributed by atoms with Gasteiger partial charge in [0.25, 0.3) is 0 Å². The first-order valence-electron chi connectivity index (χ1n) is 7.05. The monoisotopic (exact) mass is 382 g/mol. The lowest BCUT2D eigenvalue weighted by atomic mass is 10.2. The van der Waals surface area contributed by atoms with Crippen LogP contribution in [-0.2, 0) is 19.4 Å². The minimum absolute atomic E-state index is 0.0278. The summed E-state index contributed by atoms with van der Waals surface area (Å²) >= 11 is 5.96. The summed E-state index contributed by atoms with van der Waals surface area (Å²) in [4.78, 5) is 22.5. The molecule has 2 aromatic carbocycles. The molecule has 0 saturated carbocycles. The highest BCUT2D eigenvalue weighted by atomic mass is 35.5. The molecule has 2 aromatic rings. The van der Waals surface area contributed by atoms with E-state index >= 15 is 0 Å². The second-order valence-corrected chi connectivity index (χ2v) is 7.63. The predicted octanol–water partition coefficient (Wildman–Crippen LogP) is 2.33. The molecule has 0 fully saturated rings. The maximum atomic E-state index is 12.3. The summed E-state index contributed by atoms with van der Waals surface area (Å²) in [5.74, 6) is -1.91. The Morgan fingerprint density at radius 2 is 1.96 bits per heavy atom. The van der Waals surface area contributed by atoms with E-state index < -0.39 is 21.5 Å². The van der Waals surface area contributed by atoms with Crippen LogP contribution < -0.4 is 10.6 Å². The molecular formula is C16H15ClN2O5S. The zero-order chi connectivity index (χ0) is 18.6. The number of phenols is 1. The average Bonchev–Trinajstić information content (AvgIpc) is 2.52. The fraction of sp³-hybridized carbons (Fsp3) is 0.125. The third kappa shape index (κ3) is 4.71. The van der Waals surface area contributed by atoms with Crippen molar-refractivity contribution in [2.45, 2.75) is 11.8 Å². The van der Waals surface area contributed by atoms with E-state index in [0.29, 0.717) is 6.41 Å². The predicted molar refractivity (Wildman–Crippen MR) is 94.7 cm³/mol. The van der Waals surface area contributed by atoms with Crippen molar-refractivity contribution in [3.63, 3.8) is 0 Å². The van der Waals surface area contributed by atoms with E-state index in [0.717, 1.165) is 11.6 Å². The molecule has 9 heteroatoms. The van der Waals surface area contributed by atoms with Gasteiger partial charge in [-0.15, -0.1) is 0 Å². The standard InChI is InChI=1S/C16H15ClN2O5S/c1-10-3-2-4-11(5-10)25(23,24)8-16(22)19-13-7-15(21)14(18-9-20)6-12(13)17/h2-7,9,21H,8H2,1H3,(H,18,20)(H,19,22). The van der Waals surface area contributed by atoms with Crippen LogP contribution in [0.5, 0.6) is 5.75 Å². The van der Waals surface area contributed by atoms with Gasteiger partial charge in [0.1, 0.15) is 11.5 Å². The molecule has 0 aromatic heterocycles. The summed E-state index contributed by atoms with van der Waals surface area (Å²) in [6, 6.07) is 8.57. The fourth-order valence-electron chi connectivity index (χ4n) is 2.09. The molecule has 0 spiro atoms. The summed E-state index contributed by atoms with van der Waals surface area (Å²) in [7, 11) is -3.82. The number of carbonyl (C=O) groups excluding carboxylic acids is 2. The normalized spacial score (nSPS) is 11.0. The largest absolute Gasteiger partial charge is 0.506 e. The first-order chi connectivity index (χ1) is 11.7. The molecule has 0 saturated heterocycles. The van der Waals surface area contributed by atoms with Crippen LogP contribution >= 0.6 is 11.6 Å². The number of phenolic OH excluding ortho intramolecular Hbond substituents is 1. The van der Waals surface area contributed by atoms with Gasteiger partial charge in [0.2, 0.25) is 12.3 Å². The molecule has 132 valence electrons. The molecule has 0 aliphatic carbocycles. The number of aryl methyl sites for hydroxylation is 1. The van der Waals surface area contributed by atoms with Crippen LogP contribution in [0.1, 0.15) is 5.56 Å². The van der Waals surface area contributed by atoms with Gasteiger partial charge in [-0.05, 0) is 30.7 Å². The lowest BCUT2D eigenvalue weighted by Crippen LogP contribution is -2.23. The Hall–Kier alpha value is -2.58. The first kappa shape index (κ1) is 18.8. The Labute approximate surface area is 149 Å². The van der Waals surface area contributed by atoms with Gasteiger partial charge in [0.05, 0.1) is 21.3 Å².